The van der Waals surface area contributed by atoms with Crippen molar-refractivity contribution in [1.29, 1.82) is 0 Å². The second kappa shape index (κ2) is 5.84. The van der Waals surface area contributed by atoms with E-state index < -0.39 is 0 Å². The summed E-state index contributed by atoms with van der Waals surface area (Å²) in [6, 6.07) is 0. The number of aromatic nitrogens is 1. The first-order chi connectivity index (χ1) is 9.76. The number of anilines is 1. The lowest BCUT2D eigenvalue weighted by Crippen LogP contribution is -2.38. The fraction of sp³-hybridized carbons (Fsp3) is 0.750. The highest BCUT2D eigenvalue weighted by Gasteiger charge is 2.37. The van der Waals surface area contributed by atoms with Gasteiger partial charge < -0.3 is 4.90 Å². The summed E-state index contributed by atoms with van der Waals surface area (Å²) in [6.45, 7) is 4.38. The Kier molecular flexibility index (Phi) is 4.11. The summed E-state index contributed by atoms with van der Waals surface area (Å²) in [5.41, 5.74) is 1.65. The third-order valence-corrected chi connectivity index (χ3v) is 6.15. The van der Waals surface area contributed by atoms with Gasteiger partial charge in [-0.2, -0.15) is 0 Å². The highest BCUT2D eigenvalue weighted by molar-refractivity contribution is 7.17. The van der Waals surface area contributed by atoms with Crippen molar-refractivity contribution in [3.63, 3.8) is 0 Å². The van der Waals surface area contributed by atoms with Crippen LogP contribution in [0.4, 0.5) is 5.13 Å². The van der Waals surface area contributed by atoms with E-state index in [1.165, 1.54) is 38.5 Å². The molecule has 110 valence electrons. The first-order valence-corrected chi connectivity index (χ1v) is 8.78. The zero-order valence-electron chi connectivity index (χ0n) is 12.4. The number of thiazole rings is 1. The van der Waals surface area contributed by atoms with Gasteiger partial charge in [-0.1, -0.05) is 37.5 Å². The Balaban J connectivity index is 1.69. The number of carbonyl (C=O) groups is 1. The second-order valence-corrected chi connectivity index (χ2v) is 7.38. The van der Waals surface area contributed by atoms with Crippen molar-refractivity contribution in [3.05, 3.63) is 10.6 Å². The van der Waals surface area contributed by atoms with E-state index >= 15 is 0 Å². The van der Waals surface area contributed by atoms with Gasteiger partial charge >= 0.3 is 0 Å². The smallest absolute Gasteiger partial charge is 0.186 e. The zero-order chi connectivity index (χ0) is 14.0. The van der Waals surface area contributed by atoms with Crippen LogP contribution in [0.15, 0.2) is 0 Å². The molecule has 1 saturated heterocycles. The summed E-state index contributed by atoms with van der Waals surface area (Å²) in [4.78, 5) is 19.1. The van der Waals surface area contributed by atoms with Gasteiger partial charge in [0.25, 0.3) is 0 Å². The lowest BCUT2D eigenvalue weighted by Gasteiger charge is -2.39. The summed E-state index contributed by atoms with van der Waals surface area (Å²) in [6.07, 6.45) is 11.3. The molecule has 2 fully saturated rings. The van der Waals surface area contributed by atoms with Crippen LogP contribution in [0.3, 0.4) is 0 Å². The maximum absolute atomic E-state index is 11.2. The molecule has 1 aliphatic heterocycles. The van der Waals surface area contributed by atoms with Crippen LogP contribution in [0.5, 0.6) is 0 Å². The molecular weight excluding hydrogens is 268 g/mol. The van der Waals surface area contributed by atoms with E-state index in [1.807, 2.05) is 0 Å². The Morgan fingerprint density at radius 3 is 2.55 bits per heavy atom. The van der Waals surface area contributed by atoms with Gasteiger partial charge in [0.05, 0.1) is 10.6 Å². The number of piperidine rings is 1. The highest BCUT2D eigenvalue weighted by atomic mass is 32.1. The fourth-order valence-electron chi connectivity index (χ4n) is 3.79. The molecule has 20 heavy (non-hydrogen) atoms. The topological polar surface area (TPSA) is 33.2 Å². The largest absolute Gasteiger partial charge is 0.348 e. The van der Waals surface area contributed by atoms with Gasteiger partial charge in [-0.3, -0.25) is 4.79 Å². The second-order valence-electron chi connectivity index (χ2n) is 6.37. The van der Waals surface area contributed by atoms with E-state index in [1.54, 1.807) is 11.3 Å². The van der Waals surface area contributed by atoms with Crippen LogP contribution < -0.4 is 4.90 Å². The minimum absolute atomic E-state index is 0.646. The normalized spacial score (nSPS) is 21.6. The van der Waals surface area contributed by atoms with E-state index in [0.717, 1.165) is 47.9 Å². The minimum atomic E-state index is 0.646. The quantitative estimate of drug-likeness (QED) is 0.784. The first-order valence-electron chi connectivity index (χ1n) is 7.96. The molecule has 2 heterocycles. The Hall–Kier alpha value is -0.900. The van der Waals surface area contributed by atoms with Crippen molar-refractivity contribution in [3.8, 4) is 0 Å². The zero-order valence-corrected chi connectivity index (χ0v) is 13.2. The highest BCUT2D eigenvalue weighted by Crippen LogP contribution is 2.47. The maximum Gasteiger partial charge on any atom is 0.186 e. The Morgan fingerprint density at radius 2 is 1.95 bits per heavy atom. The molecule has 0 atom stereocenters. The monoisotopic (exact) mass is 292 g/mol. The van der Waals surface area contributed by atoms with Gasteiger partial charge in [0.15, 0.2) is 11.4 Å². The third-order valence-electron chi connectivity index (χ3n) is 5.07. The molecule has 3 nitrogen and oxygen atoms in total. The third kappa shape index (κ3) is 2.62. The summed E-state index contributed by atoms with van der Waals surface area (Å²) in [5.74, 6) is 0. The maximum atomic E-state index is 11.2. The molecule has 1 aromatic rings. The SMILES string of the molecule is CCCc1nc(N2CCC3(CCCC3)CC2)sc1C=O. The standard InChI is InChI=1S/C16H24N2OS/c1-2-5-13-14(12-19)20-15(17-13)18-10-8-16(9-11-18)6-3-4-7-16/h12H,2-11H2,1H3. The van der Waals surface area contributed by atoms with E-state index in [0.29, 0.717) is 5.41 Å². The molecule has 0 aromatic carbocycles. The number of hydrogen-bond donors (Lipinski definition) is 0. The Morgan fingerprint density at radius 1 is 1.25 bits per heavy atom. The predicted octanol–water partition coefficient (Wildman–Crippen LogP) is 4.07. The molecule has 0 unspecified atom stereocenters. The van der Waals surface area contributed by atoms with Crippen LogP contribution in [0.1, 0.15) is 67.2 Å². The molecule has 1 spiro atoms. The van der Waals surface area contributed by atoms with Gasteiger partial charge in [-0.15, -0.1) is 0 Å². The number of aldehydes is 1. The molecule has 1 aliphatic carbocycles. The van der Waals surface area contributed by atoms with E-state index in [-0.39, 0.29) is 0 Å². The van der Waals surface area contributed by atoms with Crippen LogP contribution >= 0.6 is 11.3 Å². The van der Waals surface area contributed by atoms with Gasteiger partial charge in [0.1, 0.15) is 0 Å². The average molecular weight is 292 g/mol. The van der Waals surface area contributed by atoms with Crippen LogP contribution in [0.25, 0.3) is 0 Å². The van der Waals surface area contributed by atoms with Crippen molar-refractivity contribution in [2.75, 3.05) is 18.0 Å². The lowest BCUT2D eigenvalue weighted by molar-refractivity contribution is 0.112. The van der Waals surface area contributed by atoms with Crippen molar-refractivity contribution < 1.29 is 4.79 Å². The van der Waals surface area contributed by atoms with Crippen molar-refractivity contribution in [2.24, 2.45) is 5.41 Å². The number of rotatable bonds is 4. The van der Waals surface area contributed by atoms with Gasteiger partial charge in [-0.05, 0) is 37.5 Å². The first kappa shape index (κ1) is 14.1. The molecule has 0 amide bonds. The average Bonchev–Trinajstić information content (AvgIpc) is 3.08. The molecule has 4 heteroatoms. The fourth-order valence-corrected chi connectivity index (χ4v) is 4.77. The molecule has 1 saturated carbocycles. The molecule has 0 N–H and O–H groups in total. The number of hydrogen-bond acceptors (Lipinski definition) is 4. The van der Waals surface area contributed by atoms with E-state index in [9.17, 15) is 4.79 Å². The van der Waals surface area contributed by atoms with Crippen LogP contribution in [0, 0.1) is 5.41 Å². The summed E-state index contributed by atoms with van der Waals surface area (Å²) < 4.78 is 0. The molecule has 1 aromatic heterocycles. The minimum Gasteiger partial charge on any atom is -0.348 e. The molecule has 2 aliphatic rings. The van der Waals surface area contributed by atoms with Crippen molar-refractivity contribution in [2.45, 2.75) is 58.3 Å². The van der Waals surface area contributed by atoms with E-state index in [4.69, 9.17) is 4.98 Å². The number of nitrogens with zero attached hydrogens (tertiary/aromatic N) is 2. The van der Waals surface area contributed by atoms with Crippen molar-refractivity contribution >= 4 is 22.8 Å². The summed E-state index contributed by atoms with van der Waals surface area (Å²) >= 11 is 1.58. The van der Waals surface area contributed by atoms with E-state index in [2.05, 4.69) is 11.8 Å². The molecule has 0 bridgehead atoms. The van der Waals surface area contributed by atoms with Crippen LogP contribution in [0.2, 0.25) is 0 Å². The van der Waals surface area contributed by atoms with Crippen molar-refractivity contribution in [1.82, 2.24) is 4.98 Å². The molecular formula is C16H24N2OS. The van der Waals surface area contributed by atoms with Gasteiger partial charge in [0.2, 0.25) is 0 Å². The lowest BCUT2D eigenvalue weighted by atomic mass is 9.77. The van der Waals surface area contributed by atoms with Gasteiger partial charge in [-0.25, -0.2) is 4.98 Å². The number of carbonyl (C=O) groups excluding carboxylic acids is 1. The predicted molar refractivity (Wildman–Crippen MR) is 83.8 cm³/mol. The van der Waals surface area contributed by atoms with Gasteiger partial charge in [0, 0.05) is 13.1 Å². The molecule has 3 rings (SSSR count). The summed E-state index contributed by atoms with van der Waals surface area (Å²) in [7, 11) is 0. The Labute approximate surface area is 125 Å². The summed E-state index contributed by atoms with van der Waals surface area (Å²) in [5, 5.41) is 1.07. The molecule has 0 radical (unpaired) electrons. The number of aryl methyl sites for hydroxylation is 1. The van der Waals surface area contributed by atoms with Crippen LogP contribution in [-0.4, -0.2) is 24.4 Å². The Bertz CT molecular complexity index is 467. The van der Waals surface area contributed by atoms with Crippen LogP contribution in [-0.2, 0) is 6.42 Å².